The van der Waals surface area contributed by atoms with E-state index in [4.69, 9.17) is 21.1 Å². The third kappa shape index (κ3) is 8.92. The third-order valence-electron chi connectivity index (χ3n) is 5.57. The first-order valence-electron chi connectivity index (χ1n) is 12.6. The summed E-state index contributed by atoms with van der Waals surface area (Å²) in [4.78, 5) is 25.5. The zero-order valence-corrected chi connectivity index (χ0v) is 22.9. The van der Waals surface area contributed by atoms with Crippen LogP contribution in [-0.4, -0.2) is 30.7 Å². The van der Waals surface area contributed by atoms with Gasteiger partial charge in [-0.15, -0.1) is 0 Å². The number of rotatable bonds is 12. The minimum absolute atomic E-state index is 0.182. The number of nitrogens with one attached hydrogen (secondary N) is 2. The van der Waals surface area contributed by atoms with Crippen molar-refractivity contribution in [3.05, 3.63) is 94.0 Å². The number of carbonyl (C=O) groups excluding carboxylic acids is 2. The van der Waals surface area contributed by atoms with Crippen molar-refractivity contribution in [3.63, 3.8) is 0 Å². The van der Waals surface area contributed by atoms with Crippen LogP contribution in [0, 0.1) is 12.8 Å². The second-order valence-electron chi connectivity index (χ2n) is 9.31. The van der Waals surface area contributed by atoms with Crippen molar-refractivity contribution in [2.45, 2.75) is 46.8 Å². The Bertz CT molecular complexity index is 1260. The minimum atomic E-state index is -0.744. The molecule has 0 saturated carbocycles. The van der Waals surface area contributed by atoms with Gasteiger partial charge < -0.3 is 14.8 Å². The first-order valence-corrected chi connectivity index (χ1v) is 13.0. The van der Waals surface area contributed by atoms with Crippen molar-refractivity contribution in [1.82, 2.24) is 10.7 Å². The molecular formula is C30H34ClN3O4. The van der Waals surface area contributed by atoms with Gasteiger partial charge in [-0.25, -0.2) is 5.43 Å². The van der Waals surface area contributed by atoms with E-state index in [0.29, 0.717) is 41.7 Å². The van der Waals surface area contributed by atoms with Gasteiger partial charge in [0.15, 0.2) is 11.5 Å². The van der Waals surface area contributed by atoms with Gasteiger partial charge in [-0.05, 0) is 79.8 Å². The van der Waals surface area contributed by atoms with Crippen molar-refractivity contribution < 1.29 is 19.1 Å². The van der Waals surface area contributed by atoms with E-state index < -0.39 is 11.9 Å². The molecule has 0 aliphatic heterocycles. The molecule has 0 saturated heterocycles. The van der Waals surface area contributed by atoms with Gasteiger partial charge in [0.25, 0.3) is 11.8 Å². The molecule has 0 heterocycles. The molecule has 2 N–H and O–H groups in total. The third-order valence-corrected chi connectivity index (χ3v) is 5.82. The Hall–Kier alpha value is -3.84. The molecule has 7 nitrogen and oxygen atoms in total. The number of halogens is 1. The Morgan fingerprint density at radius 3 is 2.45 bits per heavy atom. The molecule has 8 heteroatoms. The summed E-state index contributed by atoms with van der Waals surface area (Å²) in [5.41, 5.74) is 5.93. The molecule has 0 aliphatic carbocycles. The zero-order valence-electron chi connectivity index (χ0n) is 22.2. The molecule has 0 aliphatic rings. The van der Waals surface area contributed by atoms with E-state index in [1.165, 1.54) is 11.8 Å². The highest BCUT2D eigenvalue weighted by Gasteiger charge is 2.22. The van der Waals surface area contributed by atoms with Crippen LogP contribution in [0.1, 0.15) is 54.2 Å². The van der Waals surface area contributed by atoms with Crippen LogP contribution in [0.15, 0.2) is 71.8 Å². The maximum atomic E-state index is 12.9. The first kappa shape index (κ1) is 28.7. The molecule has 200 valence electrons. The summed E-state index contributed by atoms with van der Waals surface area (Å²) < 4.78 is 11.8. The predicted molar refractivity (Wildman–Crippen MR) is 151 cm³/mol. The molecule has 3 aromatic carbocycles. The molecule has 38 heavy (non-hydrogen) atoms. The van der Waals surface area contributed by atoms with Crippen LogP contribution in [0.2, 0.25) is 5.02 Å². The van der Waals surface area contributed by atoms with Crippen molar-refractivity contribution in [1.29, 1.82) is 0 Å². The monoisotopic (exact) mass is 535 g/mol. The van der Waals surface area contributed by atoms with E-state index in [1.54, 1.807) is 30.3 Å². The van der Waals surface area contributed by atoms with Gasteiger partial charge in [0, 0.05) is 10.6 Å². The van der Waals surface area contributed by atoms with E-state index >= 15 is 0 Å². The Kier molecular flexibility index (Phi) is 10.7. The number of carbonyl (C=O) groups is 2. The lowest BCUT2D eigenvalue weighted by Crippen LogP contribution is -2.46. The van der Waals surface area contributed by atoms with Crippen molar-refractivity contribution in [2.24, 2.45) is 11.0 Å². The second kappa shape index (κ2) is 14.2. The molecule has 1 unspecified atom stereocenters. The van der Waals surface area contributed by atoms with E-state index in [2.05, 4.69) is 21.9 Å². The SMILES string of the molecule is CCOc1cc(C=NNC(=O)C(CC(C)C)NC(=O)c2ccc(Cl)cc2)ccc1OCc1cccc(C)c1. The average Bonchev–Trinajstić information content (AvgIpc) is 2.88. The summed E-state index contributed by atoms with van der Waals surface area (Å²) in [6.45, 7) is 8.80. The van der Waals surface area contributed by atoms with Crippen LogP contribution in [-0.2, 0) is 11.4 Å². The summed E-state index contributed by atoms with van der Waals surface area (Å²) in [7, 11) is 0. The average molecular weight is 536 g/mol. The second-order valence-corrected chi connectivity index (χ2v) is 9.75. The fourth-order valence-electron chi connectivity index (χ4n) is 3.75. The van der Waals surface area contributed by atoms with Gasteiger partial charge in [-0.2, -0.15) is 5.10 Å². The summed E-state index contributed by atoms with van der Waals surface area (Å²) in [6.07, 6.45) is 1.99. The molecule has 1 atom stereocenters. The van der Waals surface area contributed by atoms with Gasteiger partial charge >= 0.3 is 0 Å². The number of hydrogen-bond acceptors (Lipinski definition) is 5. The molecule has 0 aromatic heterocycles. The lowest BCUT2D eigenvalue weighted by Gasteiger charge is -2.19. The number of hydrogen-bond donors (Lipinski definition) is 2. The Morgan fingerprint density at radius 1 is 1.00 bits per heavy atom. The molecule has 0 fully saturated rings. The maximum absolute atomic E-state index is 12.9. The van der Waals surface area contributed by atoms with Crippen LogP contribution in [0.5, 0.6) is 11.5 Å². The number of nitrogens with zero attached hydrogens (tertiary/aromatic N) is 1. The van der Waals surface area contributed by atoms with E-state index in [0.717, 1.165) is 11.1 Å². The lowest BCUT2D eigenvalue weighted by molar-refractivity contribution is -0.123. The van der Waals surface area contributed by atoms with Crippen molar-refractivity contribution in [2.75, 3.05) is 6.61 Å². The van der Waals surface area contributed by atoms with Crippen LogP contribution >= 0.6 is 11.6 Å². The zero-order chi connectivity index (χ0) is 27.5. The molecule has 3 rings (SSSR count). The highest BCUT2D eigenvalue weighted by atomic mass is 35.5. The van der Waals surface area contributed by atoms with Gasteiger partial charge in [0.05, 0.1) is 12.8 Å². The van der Waals surface area contributed by atoms with Crippen LogP contribution < -0.4 is 20.2 Å². The Balaban J connectivity index is 1.64. The molecule has 2 amide bonds. The highest BCUT2D eigenvalue weighted by Crippen LogP contribution is 2.29. The van der Waals surface area contributed by atoms with E-state index in [1.807, 2.05) is 58.0 Å². The van der Waals surface area contributed by atoms with Crippen LogP contribution in [0.25, 0.3) is 0 Å². The quantitative estimate of drug-likeness (QED) is 0.222. The normalized spacial score (nSPS) is 11.8. The number of aryl methyl sites for hydroxylation is 1. The van der Waals surface area contributed by atoms with Crippen LogP contribution in [0.3, 0.4) is 0 Å². The minimum Gasteiger partial charge on any atom is -0.490 e. The Morgan fingerprint density at radius 2 is 1.76 bits per heavy atom. The lowest BCUT2D eigenvalue weighted by atomic mass is 10.0. The topological polar surface area (TPSA) is 89.0 Å². The number of hydrazone groups is 1. The van der Waals surface area contributed by atoms with E-state index in [-0.39, 0.29) is 11.8 Å². The van der Waals surface area contributed by atoms with E-state index in [9.17, 15) is 9.59 Å². The first-order chi connectivity index (χ1) is 18.2. The number of benzene rings is 3. The summed E-state index contributed by atoms with van der Waals surface area (Å²) >= 11 is 5.90. The fraction of sp³-hybridized carbons (Fsp3) is 0.300. The summed E-state index contributed by atoms with van der Waals surface area (Å²) in [5, 5.41) is 7.43. The molecule has 0 spiro atoms. The van der Waals surface area contributed by atoms with Gasteiger partial charge in [-0.1, -0.05) is 55.3 Å². The van der Waals surface area contributed by atoms with Gasteiger partial charge in [0.2, 0.25) is 0 Å². The summed E-state index contributed by atoms with van der Waals surface area (Å²) in [6, 6.07) is 19.3. The smallest absolute Gasteiger partial charge is 0.262 e. The Labute approximate surface area is 229 Å². The predicted octanol–water partition coefficient (Wildman–Crippen LogP) is 5.92. The van der Waals surface area contributed by atoms with Crippen molar-refractivity contribution >= 4 is 29.6 Å². The number of amides is 2. The van der Waals surface area contributed by atoms with Crippen molar-refractivity contribution in [3.8, 4) is 11.5 Å². The molecule has 0 radical (unpaired) electrons. The molecule has 3 aromatic rings. The van der Waals surface area contributed by atoms with Gasteiger partial charge in [0.1, 0.15) is 12.6 Å². The standard InChI is InChI=1S/C30H34ClN3O4/c1-5-37-28-17-22(9-14-27(28)38-19-23-8-6-7-21(4)16-23)18-32-34-30(36)26(15-20(2)3)33-29(35)24-10-12-25(31)13-11-24/h6-14,16-18,20,26H,5,15,19H2,1-4H3,(H,33,35)(H,34,36). The fourth-order valence-corrected chi connectivity index (χ4v) is 3.88. The molecular weight excluding hydrogens is 502 g/mol. The number of ether oxygens (including phenoxy) is 2. The summed E-state index contributed by atoms with van der Waals surface area (Å²) in [5.74, 6) is 0.635. The maximum Gasteiger partial charge on any atom is 0.262 e. The molecule has 0 bridgehead atoms. The largest absolute Gasteiger partial charge is 0.490 e. The van der Waals surface area contributed by atoms with Gasteiger partial charge in [-0.3, -0.25) is 9.59 Å². The highest BCUT2D eigenvalue weighted by molar-refractivity contribution is 6.30. The van der Waals surface area contributed by atoms with Crippen LogP contribution in [0.4, 0.5) is 0 Å².